The number of carbonyl (C=O) groups excluding carboxylic acids is 2. The van der Waals surface area contributed by atoms with Gasteiger partial charge in [-0.05, 0) is 6.92 Å². The number of hydrogen-bond acceptors (Lipinski definition) is 3. The van der Waals surface area contributed by atoms with Crippen LogP contribution in [0.5, 0.6) is 0 Å². The number of rotatable bonds is 5. The Morgan fingerprint density at radius 2 is 2.16 bits per heavy atom. The number of nitrogens with zero attached hydrogens (tertiary/aromatic N) is 2. The van der Waals surface area contributed by atoms with Crippen LogP contribution in [0.1, 0.15) is 13.3 Å². The van der Waals surface area contributed by atoms with Crippen LogP contribution in [0.4, 0.5) is 13.2 Å². The SMILES string of the molecule is CCN1CC(C(=O)N(CCO)CC(F)(F)F)CC1=O. The summed E-state index contributed by atoms with van der Waals surface area (Å²) in [6.45, 7) is 0.000143. The van der Waals surface area contributed by atoms with E-state index in [-0.39, 0.29) is 25.4 Å². The summed E-state index contributed by atoms with van der Waals surface area (Å²) < 4.78 is 37.0. The number of carbonyl (C=O) groups is 2. The van der Waals surface area contributed by atoms with Crippen LogP contribution in [0.3, 0.4) is 0 Å². The molecule has 5 nitrogen and oxygen atoms in total. The van der Waals surface area contributed by atoms with Crippen molar-refractivity contribution in [2.45, 2.75) is 19.5 Å². The Morgan fingerprint density at radius 3 is 2.58 bits per heavy atom. The molecule has 19 heavy (non-hydrogen) atoms. The Labute approximate surface area is 109 Å². The lowest BCUT2D eigenvalue weighted by Gasteiger charge is -2.25. The topological polar surface area (TPSA) is 60.9 Å². The van der Waals surface area contributed by atoms with Crippen molar-refractivity contribution in [2.75, 3.05) is 32.8 Å². The molecule has 1 atom stereocenters. The zero-order chi connectivity index (χ0) is 14.6. The van der Waals surface area contributed by atoms with Crippen molar-refractivity contribution in [3.63, 3.8) is 0 Å². The average molecular weight is 282 g/mol. The molecule has 0 aliphatic carbocycles. The Hall–Kier alpha value is -1.31. The lowest BCUT2D eigenvalue weighted by atomic mass is 10.1. The van der Waals surface area contributed by atoms with E-state index in [0.29, 0.717) is 11.4 Å². The second-order valence-corrected chi connectivity index (χ2v) is 4.43. The zero-order valence-corrected chi connectivity index (χ0v) is 10.6. The largest absolute Gasteiger partial charge is 0.406 e. The Kier molecular flexibility index (Phi) is 5.16. The van der Waals surface area contributed by atoms with Crippen molar-refractivity contribution in [3.05, 3.63) is 0 Å². The van der Waals surface area contributed by atoms with Crippen molar-refractivity contribution in [1.29, 1.82) is 0 Å². The predicted molar refractivity (Wildman–Crippen MR) is 60.1 cm³/mol. The molecule has 0 radical (unpaired) electrons. The van der Waals surface area contributed by atoms with Gasteiger partial charge in [-0.15, -0.1) is 0 Å². The number of halogens is 3. The number of aliphatic hydroxyl groups excluding tert-OH is 1. The molecule has 8 heteroatoms. The van der Waals surface area contributed by atoms with Crippen LogP contribution < -0.4 is 0 Å². The fourth-order valence-electron chi connectivity index (χ4n) is 2.11. The number of alkyl halides is 3. The molecule has 1 aliphatic heterocycles. The molecule has 1 saturated heterocycles. The van der Waals surface area contributed by atoms with Gasteiger partial charge in [-0.1, -0.05) is 0 Å². The molecular formula is C11H17F3N2O3. The van der Waals surface area contributed by atoms with E-state index in [1.807, 2.05) is 0 Å². The second-order valence-electron chi connectivity index (χ2n) is 4.43. The molecule has 1 N–H and O–H groups in total. The van der Waals surface area contributed by atoms with Crippen LogP contribution in [-0.2, 0) is 9.59 Å². The number of aliphatic hydroxyl groups is 1. The summed E-state index contributed by atoms with van der Waals surface area (Å²) in [5.41, 5.74) is 0. The summed E-state index contributed by atoms with van der Waals surface area (Å²) in [5.74, 6) is -1.70. The predicted octanol–water partition coefficient (Wildman–Crippen LogP) is 0.238. The van der Waals surface area contributed by atoms with Crippen LogP contribution >= 0.6 is 0 Å². The fraction of sp³-hybridized carbons (Fsp3) is 0.818. The molecule has 0 aromatic carbocycles. The molecule has 2 amide bonds. The maximum absolute atomic E-state index is 12.3. The minimum Gasteiger partial charge on any atom is -0.395 e. The van der Waals surface area contributed by atoms with Crippen molar-refractivity contribution < 1.29 is 27.9 Å². The maximum atomic E-state index is 12.3. The molecule has 0 aromatic heterocycles. The summed E-state index contributed by atoms with van der Waals surface area (Å²) in [5, 5.41) is 8.74. The van der Waals surface area contributed by atoms with E-state index >= 15 is 0 Å². The number of amides is 2. The standard InChI is InChI=1S/C11H17F3N2O3/c1-2-15-6-8(5-9(15)18)10(19)16(3-4-17)7-11(12,13)14/h8,17H,2-7H2,1H3. The lowest BCUT2D eigenvalue weighted by Crippen LogP contribution is -2.44. The molecule has 0 saturated carbocycles. The van der Waals surface area contributed by atoms with Gasteiger partial charge in [-0.3, -0.25) is 9.59 Å². The Balaban J connectivity index is 2.70. The smallest absolute Gasteiger partial charge is 0.395 e. The van der Waals surface area contributed by atoms with E-state index in [4.69, 9.17) is 5.11 Å². The third-order valence-corrected chi connectivity index (χ3v) is 3.00. The maximum Gasteiger partial charge on any atom is 0.406 e. The molecule has 1 aliphatic rings. The van der Waals surface area contributed by atoms with Crippen LogP contribution in [-0.4, -0.2) is 65.7 Å². The van der Waals surface area contributed by atoms with E-state index in [1.165, 1.54) is 4.90 Å². The monoisotopic (exact) mass is 282 g/mol. The van der Waals surface area contributed by atoms with E-state index < -0.39 is 31.2 Å². The number of likely N-dealkylation sites (tertiary alicyclic amines) is 1. The van der Waals surface area contributed by atoms with Crippen molar-refractivity contribution in [1.82, 2.24) is 9.80 Å². The highest BCUT2D eigenvalue weighted by molar-refractivity contribution is 5.89. The molecular weight excluding hydrogens is 265 g/mol. The van der Waals surface area contributed by atoms with Gasteiger partial charge < -0.3 is 14.9 Å². The molecule has 1 unspecified atom stereocenters. The Bertz CT molecular complexity index is 347. The molecule has 0 aromatic rings. The van der Waals surface area contributed by atoms with Gasteiger partial charge in [0.05, 0.1) is 12.5 Å². The highest BCUT2D eigenvalue weighted by Gasteiger charge is 2.39. The normalized spacial score (nSPS) is 19.9. The first kappa shape index (κ1) is 15.7. The van der Waals surface area contributed by atoms with Crippen LogP contribution in [0, 0.1) is 5.92 Å². The minimum absolute atomic E-state index is 0.0630. The summed E-state index contributed by atoms with van der Waals surface area (Å²) in [7, 11) is 0. The molecule has 1 fully saturated rings. The highest BCUT2D eigenvalue weighted by atomic mass is 19.4. The first-order valence-electron chi connectivity index (χ1n) is 6.02. The van der Waals surface area contributed by atoms with E-state index in [2.05, 4.69) is 0 Å². The van der Waals surface area contributed by atoms with Gasteiger partial charge in [0.2, 0.25) is 11.8 Å². The first-order valence-corrected chi connectivity index (χ1v) is 6.02. The summed E-state index contributed by atoms with van der Waals surface area (Å²) in [4.78, 5) is 25.4. The van der Waals surface area contributed by atoms with E-state index in [1.54, 1.807) is 6.92 Å². The lowest BCUT2D eigenvalue weighted by molar-refractivity contribution is -0.164. The summed E-state index contributed by atoms with van der Waals surface area (Å²) in [6, 6.07) is 0. The third kappa shape index (κ3) is 4.38. The second kappa shape index (κ2) is 6.23. The zero-order valence-electron chi connectivity index (χ0n) is 10.6. The first-order chi connectivity index (χ1) is 8.78. The molecule has 0 bridgehead atoms. The minimum atomic E-state index is -4.52. The summed E-state index contributed by atoms with van der Waals surface area (Å²) in [6.07, 6.45) is -4.58. The van der Waals surface area contributed by atoms with E-state index in [0.717, 1.165) is 0 Å². The fourth-order valence-corrected chi connectivity index (χ4v) is 2.11. The van der Waals surface area contributed by atoms with Gasteiger partial charge in [0.15, 0.2) is 0 Å². The highest BCUT2D eigenvalue weighted by Crippen LogP contribution is 2.22. The number of hydrogen-bond donors (Lipinski definition) is 1. The van der Waals surface area contributed by atoms with Gasteiger partial charge in [0.25, 0.3) is 0 Å². The van der Waals surface area contributed by atoms with Gasteiger partial charge in [0, 0.05) is 26.1 Å². The summed E-state index contributed by atoms with van der Waals surface area (Å²) >= 11 is 0. The molecule has 1 heterocycles. The van der Waals surface area contributed by atoms with Gasteiger partial charge in [-0.25, -0.2) is 0 Å². The average Bonchev–Trinajstić information content (AvgIpc) is 2.67. The van der Waals surface area contributed by atoms with Gasteiger partial charge in [0.1, 0.15) is 6.54 Å². The van der Waals surface area contributed by atoms with Crippen molar-refractivity contribution in [2.24, 2.45) is 5.92 Å². The molecule has 0 spiro atoms. The quantitative estimate of drug-likeness (QED) is 0.785. The van der Waals surface area contributed by atoms with Crippen molar-refractivity contribution >= 4 is 11.8 Å². The third-order valence-electron chi connectivity index (χ3n) is 3.00. The van der Waals surface area contributed by atoms with Gasteiger partial charge >= 0.3 is 6.18 Å². The van der Waals surface area contributed by atoms with E-state index in [9.17, 15) is 22.8 Å². The molecule has 110 valence electrons. The van der Waals surface area contributed by atoms with Gasteiger partial charge in [-0.2, -0.15) is 13.2 Å². The van der Waals surface area contributed by atoms with Crippen LogP contribution in [0.25, 0.3) is 0 Å². The van der Waals surface area contributed by atoms with Crippen LogP contribution in [0.2, 0.25) is 0 Å². The van der Waals surface area contributed by atoms with Crippen LogP contribution in [0.15, 0.2) is 0 Å². The Morgan fingerprint density at radius 1 is 1.53 bits per heavy atom. The van der Waals surface area contributed by atoms with Crippen molar-refractivity contribution in [3.8, 4) is 0 Å². The molecule has 1 rings (SSSR count).